The van der Waals surface area contributed by atoms with E-state index in [1.54, 1.807) is 33.5 Å². The Bertz CT molecular complexity index is 1400. The highest BCUT2D eigenvalue weighted by Gasteiger charge is 2.35. The van der Waals surface area contributed by atoms with E-state index < -0.39 is 6.04 Å². The number of anilines is 1. The molecule has 3 N–H and O–H groups in total. The third kappa shape index (κ3) is 5.37. The first-order valence-electron chi connectivity index (χ1n) is 13.8. The average molecular weight is 548 g/mol. The minimum absolute atomic E-state index is 0.0133. The van der Waals surface area contributed by atoms with Crippen LogP contribution in [0.4, 0.5) is 5.69 Å². The van der Waals surface area contributed by atoms with E-state index in [1.165, 1.54) is 13.3 Å². The van der Waals surface area contributed by atoms with Gasteiger partial charge in [0.05, 0.1) is 39.6 Å². The van der Waals surface area contributed by atoms with Crippen molar-refractivity contribution in [3.63, 3.8) is 0 Å². The standard InChI is InChI=1S/C31H37N3O6/c1-17(35)34-24-9-7-20-13-27(38-2)30(39-3)31(40-4)29(20)22-8-10-25(26(36)14-23(22)24)32-16-28(37)33-15-21-12-18-5-6-19(21)11-18/h5-6,8,10,13-14,18-19,21,24H,7,9,11-12,15-16H2,1-4H3,(H,32,36)(H,33,37)(H,34,35)/t18-,19+,21+,24+/m1/s1. The molecule has 0 heterocycles. The molecule has 40 heavy (non-hydrogen) atoms. The average Bonchev–Trinajstić information content (AvgIpc) is 3.49. The summed E-state index contributed by atoms with van der Waals surface area (Å²) in [5.41, 5.74) is 3.17. The molecule has 2 bridgehead atoms. The lowest BCUT2D eigenvalue weighted by Gasteiger charge is -2.19. The Morgan fingerprint density at radius 2 is 1.80 bits per heavy atom. The Morgan fingerprint density at radius 3 is 2.45 bits per heavy atom. The van der Waals surface area contributed by atoms with Crippen LogP contribution in [0.25, 0.3) is 11.1 Å². The molecule has 2 aromatic rings. The molecule has 1 fully saturated rings. The second-order valence-electron chi connectivity index (χ2n) is 10.8. The van der Waals surface area contributed by atoms with Crippen LogP contribution in [0.5, 0.6) is 17.2 Å². The number of methoxy groups -OCH3 is 3. The van der Waals surface area contributed by atoms with Crippen molar-refractivity contribution >= 4 is 17.5 Å². The Labute approximate surface area is 234 Å². The fraction of sp³-hybridized carbons (Fsp3) is 0.452. The van der Waals surface area contributed by atoms with Crippen LogP contribution in [0.2, 0.25) is 0 Å². The van der Waals surface area contributed by atoms with Gasteiger partial charge in [-0.25, -0.2) is 0 Å². The number of nitrogens with one attached hydrogen (secondary N) is 3. The SMILES string of the molecule is COc1cc2c(c(OC)c1OC)-c1ccc(NCC(=O)NC[C@@H]3C[C@@H]4C=C[C@H]3C4)c(=O)cc1[C@@H](NC(C)=O)CC2. The fourth-order valence-electron chi connectivity index (χ4n) is 6.47. The van der Waals surface area contributed by atoms with Crippen LogP contribution in [-0.4, -0.2) is 46.2 Å². The summed E-state index contributed by atoms with van der Waals surface area (Å²) in [5.74, 6) is 2.83. The molecule has 0 radical (unpaired) electrons. The maximum absolute atomic E-state index is 13.4. The summed E-state index contributed by atoms with van der Waals surface area (Å²) in [6, 6.07) is 6.59. The number of allylic oxidation sites excluding steroid dienone is 2. The van der Waals surface area contributed by atoms with Gasteiger partial charge in [0.1, 0.15) is 0 Å². The molecule has 0 unspecified atom stereocenters. The predicted octanol–water partition coefficient (Wildman–Crippen LogP) is 3.60. The molecule has 0 saturated heterocycles. The van der Waals surface area contributed by atoms with Crippen molar-refractivity contribution in [3.05, 3.63) is 57.8 Å². The number of rotatable bonds is 9. The van der Waals surface area contributed by atoms with E-state index in [4.69, 9.17) is 14.2 Å². The number of benzene rings is 1. The van der Waals surface area contributed by atoms with Crippen LogP contribution >= 0.6 is 0 Å². The molecule has 1 saturated carbocycles. The van der Waals surface area contributed by atoms with E-state index in [-0.39, 0.29) is 23.8 Å². The number of aryl methyl sites for hydroxylation is 1. The number of amides is 2. The molecule has 9 nitrogen and oxygen atoms in total. The second kappa shape index (κ2) is 11.6. The van der Waals surface area contributed by atoms with E-state index in [1.807, 2.05) is 12.1 Å². The highest BCUT2D eigenvalue weighted by atomic mass is 16.5. The molecule has 3 aliphatic rings. The number of hydrogen-bond acceptors (Lipinski definition) is 7. The molecule has 4 atom stereocenters. The predicted molar refractivity (Wildman–Crippen MR) is 153 cm³/mol. The summed E-state index contributed by atoms with van der Waals surface area (Å²) in [6.45, 7) is 2.10. The molecular weight excluding hydrogens is 510 g/mol. The van der Waals surface area contributed by atoms with Crippen LogP contribution in [0, 0.1) is 17.8 Å². The second-order valence-corrected chi connectivity index (χ2v) is 10.8. The summed E-state index contributed by atoms with van der Waals surface area (Å²) >= 11 is 0. The number of ether oxygens (including phenoxy) is 3. The van der Waals surface area contributed by atoms with Crippen LogP contribution in [0.1, 0.15) is 43.4 Å². The fourth-order valence-corrected chi connectivity index (χ4v) is 6.47. The molecule has 3 aliphatic carbocycles. The van der Waals surface area contributed by atoms with Crippen molar-refractivity contribution in [1.82, 2.24) is 10.6 Å². The van der Waals surface area contributed by atoms with Crippen molar-refractivity contribution in [2.45, 2.75) is 38.6 Å². The van der Waals surface area contributed by atoms with Crippen molar-refractivity contribution in [2.24, 2.45) is 17.8 Å². The zero-order valence-corrected chi connectivity index (χ0v) is 23.5. The molecule has 9 heteroatoms. The van der Waals surface area contributed by atoms with Crippen molar-refractivity contribution in [2.75, 3.05) is 39.7 Å². The highest BCUT2D eigenvalue weighted by molar-refractivity contribution is 5.84. The zero-order chi connectivity index (χ0) is 28.4. The number of carbonyl (C=O) groups is 2. The molecule has 2 amide bonds. The topological polar surface area (TPSA) is 115 Å². The first-order chi connectivity index (χ1) is 19.3. The lowest BCUT2D eigenvalue weighted by Crippen LogP contribution is -2.35. The van der Waals surface area contributed by atoms with Gasteiger partial charge in [-0.3, -0.25) is 14.4 Å². The van der Waals surface area contributed by atoms with Gasteiger partial charge in [-0.1, -0.05) is 18.2 Å². The van der Waals surface area contributed by atoms with Crippen LogP contribution in [-0.2, 0) is 16.0 Å². The van der Waals surface area contributed by atoms with Gasteiger partial charge in [-0.2, -0.15) is 0 Å². The van der Waals surface area contributed by atoms with Gasteiger partial charge in [-0.05, 0) is 78.3 Å². The monoisotopic (exact) mass is 547 g/mol. The Balaban J connectivity index is 1.46. The van der Waals surface area contributed by atoms with E-state index in [2.05, 4.69) is 28.1 Å². The Kier molecular flexibility index (Phi) is 8.00. The quantitative estimate of drug-likeness (QED) is 0.411. The molecular formula is C31H37N3O6. The lowest BCUT2D eigenvalue weighted by atomic mass is 9.94. The van der Waals surface area contributed by atoms with Gasteiger partial charge < -0.3 is 30.2 Å². The smallest absolute Gasteiger partial charge is 0.239 e. The van der Waals surface area contributed by atoms with Crippen molar-refractivity contribution < 1.29 is 23.8 Å². The molecule has 2 aromatic carbocycles. The van der Waals surface area contributed by atoms with Crippen LogP contribution in [0.15, 0.2) is 41.2 Å². The maximum atomic E-state index is 13.4. The van der Waals surface area contributed by atoms with Gasteiger partial charge in [0, 0.05) is 19.0 Å². The van der Waals surface area contributed by atoms with Crippen molar-refractivity contribution in [1.29, 1.82) is 0 Å². The van der Waals surface area contributed by atoms with Gasteiger partial charge in [0.15, 0.2) is 11.5 Å². The van der Waals surface area contributed by atoms with Crippen LogP contribution < -0.4 is 35.6 Å². The van der Waals surface area contributed by atoms with E-state index in [0.29, 0.717) is 65.6 Å². The number of hydrogen-bond donors (Lipinski definition) is 3. The molecule has 212 valence electrons. The molecule has 5 rings (SSSR count). The van der Waals surface area contributed by atoms with Gasteiger partial charge >= 0.3 is 0 Å². The summed E-state index contributed by atoms with van der Waals surface area (Å²) in [6.07, 6.45) is 8.06. The Hall–Kier alpha value is -4.01. The molecule has 0 spiro atoms. The summed E-state index contributed by atoms with van der Waals surface area (Å²) < 4.78 is 17.0. The number of fused-ring (bicyclic) bond motifs is 5. The van der Waals surface area contributed by atoms with Gasteiger partial charge in [-0.15, -0.1) is 0 Å². The Morgan fingerprint density at radius 1 is 1.00 bits per heavy atom. The van der Waals surface area contributed by atoms with E-state index >= 15 is 0 Å². The normalized spacial score (nSPS) is 22.0. The molecule has 0 aliphatic heterocycles. The van der Waals surface area contributed by atoms with Crippen molar-refractivity contribution in [3.8, 4) is 28.4 Å². The number of carbonyl (C=O) groups excluding carboxylic acids is 2. The first kappa shape index (κ1) is 27.6. The molecule has 0 aromatic heterocycles. The largest absolute Gasteiger partial charge is 0.493 e. The van der Waals surface area contributed by atoms with Gasteiger partial charge in [0.2, 0.25) is 23.0 Å². The first-order valence-corrected chi connectivity index (χ1v) is 13.8. The zero-order valence-electron chi connectivity index (χ0n) is 23.5. The summed E-state index contributed by atoms with van der Waals surface area (Å²) in [5, 5.41) is 9.05. The minimum atomic E-state index is -0.395. The third-order valence-corrected chi connectivity index (χ3v) is 8.33. The minimum Gasteiger partial charge on any atom is -0.493 e. The lowest BCUT2D eigenvalue weighted by molar-refractivity contribution is -0.120. The van der Waals surface area contributed by atoms with Crippen LogP contribution in [0.3, 0.4) is 0 Å². The maximum Gasteiger partial charge on any atom is 0.239 e. The highest BCUT2D eigenvalue weighted by Crippen LogP contribution is 2.50. The van der Waals surface area contributed by atoms with Gasteiger partial charge in [0.25, 0.3) is 0 Å². The third-order valence-electron chi connectivity index (χ3n) is 8.33. The summed E-state index contributed by atoms with van der Waals surface area (Å²) in [7, 11) is 4.68. The van der Waals surface area contributed by atoms with E-state index in [0.717, 1.165) is 23.1 Å². The summed E-state index contributed by atoms with van der Waals surface area (Å²) in [4.78, 5) is 38.2. The van der Waals surface area contributed by atoms with E-state index in [9.17, 15) is 14.4 Å².